The van der Waals surface area contributed by atoms with Crippen LogP contribution in [-0.4, -0.2) is 42.1 Å². The molecule has 2 aliphatic heterocycles. The van der Waals surface area contributed by atoms with Crippen molar-refractivity contribution in [2.24, 2.45) is 0 Å². The predicted octanol–water partition coefficient (Wildman–Crippen LogP) is 1.49. The highest BCUT2D eigenvalue weighted by Crippen LogP contribution is 2.49. The van der Waals surface area contributed by atoms with Crippen LogP contribution in [0, 0.1) is 0 Å². The Kier molecular flexibility index (Phi) is 3.80. The molecule has 0 aromatic heterocycles. The topological polar surface area (TPSA) is 88.1 Å². The van der Waals surface area contributed by atoms with Crippen molar-refractivity contribution in [1.29, 1.82) is 0 Å². The summed E-state index contributed by atoms with van der Waals surface area (Å²) in [7, 11) is 1.29. The molecule has 130 valence electrons. The third-order valence-electron chi connectivity index (χ3n) is 4.29. The fourth-order valence-electron chi connectivity index (χ4n) is 3.35. The van der Waals surface area contributed by atoms with Crippen LogP contribution in [0.2, 0.25) is 0 Å². The van der Waals surface area contributed by atoms with Gasteiger partial charge in [0.25, 0.3) is 0 Å². The minimum absolute atomic E-state index is 0.126. The number of para-hydroxylation sites is 1. The fraction of sp³-hybridized carbons (Fsp3) is 0.529. The van der Waals surface area contributed by atoms with Gasteiger partial charge in [-0.05, 0) is 26.8 Å². The van der Waals surface area contributed by atoms with Crippen LogP contribution in [0.25, 0.3) is 0 Å². The highest BCUT2D eigenvalue weighted by atomic mass is 16.6. The van der Waals surface area contributed by atoms with E-state index in [1.54, 1.807) is 45.0 Å². The maximum absolute atomic E-state index is 12.7. The number of aliphatic hydroxyl groups is 1. The molecular weight excluding hydrogens is 312 g/mol. The zero-order valence-corrected chi connectivity index (χ0v) is 14.2. The maximum Gasteiger partial charge on any atom is 0.416 e. The molecule has 2 heterocycles. The molecule has 1 aromatic carbocycles. The van der Waals surface area contributed by atoms with Crippen LogP contribution < -0.4 is 10.2 Å². The van der Waals surface area contributed by atoms with Gasteiger partial charge in [-0.25, -0.2) is 4.79 Å². The van der Waals surface area contributed by atoms with Gasteiger partial charge in [0.1, 0.15) is 23.4 Å². The van der Waals surface area contributed by atoms with E-state index in [2.05, 4.69) is 5.32 Å². The summed E-state index contributed by atoms with van der Waals surface area (Å²) in [6.07, 6.45) is -1.23. The predicted molar refractivity (Wildman–Crippen MR) is 86.4 cm³/mol. The van der Waals surface area contributed by atoms with E-state index >= 15 is 0 Å². The highest BCUT2D eigenvalue weighted by molar-refractivity contribution is 5.93. The quantitative estimate of drug-likeness (QED) is 0.757. The summed E-state index contributed by atoms with van der Waals surface area (Å²) < 4.78 is 10.2. The first-order valence-corrected chi connectivity index (χ1v) is 7.85. The maximum atomic E-state index is 12.7. The molecule has 1 amide bonds. The van der Waals surface area contributed by atoms with Crippen LogP contribution in [0.4, 0.5) is 10.5 Å². The third kappa shape index (κ3) is 2.53. The van der Waals surface area contributed by atoms with Crippen molar-refractivity contribution in [3.05, 3.63) is 29.8 Å². The molecule has 24 heavy (non-hydrogen) atoms. The number of anilines is 1. The summed E-state index contributed by atoms with van der Waals surface area (Å²) in [6, 6.07) is 6.40. The van der Waals surface area contributed by atoms with E-state index in [4.69, 9.17) is 9.47 Å². The number of nitrogens with zero attached hydrogens (tertiary/aromatic N) is 1. The number of carbonyl (C=O) groups excluding carboxylic acids is 2. The van der Waals surface area contributed by atoms with Crippen molar-refractivity contribution >= 4 is 17.7 Å². The monoisotopic (exact) mass is 334 g/mol. The Balaban J connectivity index is 2.00. The molecule has 0 unspecified atom stereocenters. The Labute approximate surface area is 140 Å². The summed E-state index contributed by atoms with van der Waals surface area (Å²) in [5.74, 6) is -0.473. The van der Waals surface area contributed by atoms with E-state index in [1.807, 2.05) is 0 Å². The van der Waals surface area contributed by atoms with E-state index in [0.717, 1.165) is 0 Å². The van der Waals surface area contributed by atoms with Gasteiger partial charge < -0.3 is 14.6 Å². The van der Waals surface area contributed by atoms with Crippen molar-refractivity contribution in [2.45, 2.75) is 50.6 Å². The fourth-order valence-corrected chi connectivity index (χ4v) is 3.35. The molecule has 2 aliphatic rings. The SMILES string of the molecule is COC(=O)[C@@H]1C[C@@]2(O)c3ccccc3N(C(=O)OC(C)(C)C)[C@H]2N1. The Morgan fingerprint density at radius 3 is 2.62 bits per heavy atom. The van der Waals surface area contributed by atoms with Gasteiger partial charge in [0.2, 0.25) is 0 Å². The lowest BCUT2D eigenvalue weighted by atomic mass is 9.91. The van der Waals surface area contributed by atoms with Crippen LogP contribution in [0.15, 0.2) is 24.3 Å². The molecule has 7 heteroatoms. The van der Waals surface area contributed by atoms with Crippen LogP contribution in [0.1, 0.15) is 32.8 Å². The molecule has 3 atom stereocenters. The zero-order chi connectivity index (χ0) is 17.7. The second-order valence-electron chi connectivity index (χ2n) is 7.14. The number of hydrogen-bond donors (Lipinski definition) is 2. The van der Waals surface area contributed by atoms with Crippen LogP contribution in [0.5, 0.6) is 0 Å². The molecule has 0 radical (unpaired) electrons. The molecule has 7 nitrogen and oxygen atoms in total. The van der Waals surface area contributed by atoms with Gasteiger partial charge in [-0.1, -0.05) is 18.2 Å². The molecule has 0 saturated carbocycles. The summed E-state index contributed by atoms with van der Waals surface area (Å²) in [5.41, 5.74) is -0.866. The van der Waals surface area contributed by atoms with Crippen molar-refractivity contribution < 1.29 is 24.2 Å². The first-order valence-electron chi connectivity index (χ1n) is 7.85. The molecule has 1 aromatic rings. The van der Waals surface area contributed by atoms with Gasteiger partial charge in [0.05, 0.1) is 12.8 Å². The molecule has 3 rings (SSSR count). The van der Waals surface area contributed by atoms with Gasteiger partial charge >= 0.3 is 12.1 Å². The Morgan fingerprint density at radius 1 is 1.33 bits per heavy atom. The number of ether oxygens (including phenoxy) is 2. The number of nitrogens with one attached hydrogen (secondary N) is 1. The first-order chi connectivity index (χ1) is 11.2. The Bertz CT molecular complexity index is 684. The van der Waals surface area contributed by atoms with Gasteiger partial charge in [0.15, 0.2) is 0 Å². The largest absolute Gasteiger partial charge is 0.468 e. The van der Waals surface area contributed by atoms with E-state index in [0.29, 0.717) is 11.3 Å². The van der Waals surface area contributed by atoms with Crippen LogP contribution in [0.3, 0.4) is 0 Å². The van der Waals surface area contributed by atoms with E-state index in [1.165, 1.54) is 12.0 Å². The number of fused-ring (bicyclic) bond motifs is 3. The van der Waals surface area contributed by atoms with Crippen molar-refractivity contribution in [1.82, 2.24) is 5.32 Å². The normalized spacial score (nSPS) is 28.3. The number of hydrogen-bond acceptors (Lipinski definition) is 6. The van der Waals surface area contributed by atoms with Crippen LogP contribution >= 0.6 is 0 Å². The highest BCUT2D eigenvalue weighted by Gasteiger charge is 2.59. The minimum atomic E-state index is -1.37. The molecule has 0 bridgehead atoms. The van der Waals surface area contributed by atoms with Gasteiger partial charge in [0, 0.05) is 12.0 Å². The van der Waals surface area contributed by atoms with Crippen molar-refractivity contribution in [3.8, 4) is 0 Å². The van der Waals surface area contributed by atoms with Crippen LogP contribution in [-0.2, 0) is 19.9 Å². The molecule has 1 saturated heterocycles. The summed E-state index contributed by atoms with van der Waals surface area (Å²) in [6.45, 7) is 5.33. The molecule has 1 fully saturated rings. The molecule has 0 aliphatic carbocycles. The molecular formula is C17H22N2O5. The standard InChI is InChI=1S/C17H22N2O5/c1-16(2,3)24-15(21)19-12-8-6-5-7-10(12)17(22)9-11(13(20)23-4)18-14(17)19/h5-8,11,14,18,22H,9H2,1-4H3/t11-,14+,17+/m0/s1. The molecule has 2 N–H and O–H groups in total. The summed E-state index contributed by atoms with van der Waals surface area (Å²) in [4.78, 5) is 25.9. The number of rotatable bonds is 1. The third-order valence-corrected chi connectivity index (χ3v) is 4.29. The summed E-state index contributed by atoms with van der Waals surface area (Å²) >= 11 is 0. The average Bonchev–Trinajstić information content (AvgIpc) is 2.94. The van der Waals surface area contributed by atoms with Gasteiger partial charge in [-0.3, -0.25) is 15.0 Å². The summed E-state index contributed by atoms with van der Waals surface area (Å²) in [5, 5.41) is 14.2. The smallest absolute Gasteiger partial charge is 0.416 e. The van der Waals surface area contributed by atoms with Crippen molar-refractivity contribution in [2.75, 3.05) is 12.0 Å². The number of carbonyl (C=O) groups is 2. The van der Waals surface area contributed by atoms with E-state index in [-0.39, 0.29) is 6.42 Å². The lowest BCUT2D eigenvalue weighted by Crippen LogP contribution is -2.53. The number of amides is 1. The van der Waals surface area contributed by atoms with E-state index < -0.39 is 35.5 Å². The molecule has 0 spiro atoms. The second-order valence-corrected chi connectivity index (χ2v) is 7.14. The average molecular weight is 334 g/mol. The number of methoxy groups -OCH3 is 1. The number of esters is 1. The minimum Gasteiger partial charge on any atom is -0.468 e. The van der Waals surface area contributed by atoms with Gasteiger partial charge in [-0.2, -0.15) is 0 Å². The van der Waals surface area contributed by atoms with Crippen molar-refractivity contribution in [3.63, 3.8) is 0 Å². The van der Waals surface area contributed by atoms with E-state index in [9.17, 15) is 14.7 Å². The lowest BCUT2D eigenvalue weighted by Gasteiger charge is -2.30. The second kappa shape index (κ2) is 5.46. The zero-order valence-electron chi connectivity index (χ0n) is 14.2. The lowest BCUT2D eigenvalue weighted by molar-refractivity contribution is -0.143. The first kappa shape index (κ1) is 16.7. The van der Waals surface area contributed by atoms with Gasteiger partial charge in [-0.15, -0.1) is 0 Å². The number of benzene rings is 1. The Hall–Kier alpha value is -2.12. The Morgan fingerprint density at radius 2 is 2.00 bits per heavy atom.